The summed E-state index contributed by atoms with van der Waals surface area (Å²) in [6.07, 6.45) is 6.71. The van der Waals surface area contributed by atoms with Gasteiger partial charge < -0.3 is 10.3 Å². The van der Waals surface area contributed by atoms with Gasteiger partial charge in [-0.15, -0.1) is 0 Å². The Labute approximate surface area is 173 Å². The van der Waals surface area contributed by atoms with Crippen molar-refractivity contribution < 1.29 is 0 Å². The highest BCUT2D eigenvalue weighted by Crippen LogP contribution is 2.34. The second-order valence-electron chi connectivity index (χ2n) is 8.20. The second-order valence-corrected chi connectivity index (χ2v) is 8.20. The summed E-state index contributed by atoms with van der Waals surface area (Å²) in [5.41, 5.74) is 7.13. The van der Waals surface area contributed by atoms with E-state index in [0.29, 0.717) is 12.0 Å². The van der Waals surface area contributed by atoms with Crippen LogP contribution < -0.4 is 5.32 Å². The number of hydrogen-bond donors (Lipinski definition) is 2. The van der Waals surface area contributed by atoms with E-state index in [2.05, 4.69) is 95.4 Å². The van der Waals surface area contributed by atoms with E-state index < -0.39 is 0 Å². The van der Waals surface area contributed by atoms with Gasteiger partial charge in [0.1, 0.15) is 0 Å². The molecule has 2 nitrogen and oxygen atoms in total. The molecular weight excluding hydrogens is 352 g/mol. The van der Waals surface area contributed by atoms with Gasteiger partial charge in [0.25, 0.3) is 0 Å². The number of rotatable bonds is 6. The Bertz CT molecular complexity index is 1080. The lowest BCUT2D eigenvalue weighted by atomic mass is 9.76. The number of aromatic nitrogens is 1. The smallest absolute Gasteiger partial charge is 0.0456 e. The highest BCUT2D eigenvalue weighted by Gasteiger charge is 2.29. The zero-order valence-corrected chi connectivity index (χ0v) is 16.8. The molecule has 0 saturated carbocycles. The molecule has 146 valence electrons. The van der Waals surface area contributed by atoms with Crippen LogP contribution in [0.25, 0.3) is 10.9 Å². The molecule has 0 radical (unpaired) electrons. The summed E-state index contributed by atoms with van der Waals surface area (Å²) < 4.78 is 0. The molecule has 2 unspecified atom stereocenters. The fraction of sp³-hybridized carbons (Fsp3) is 0.259. The van der Waals surface area contributed by atoms with Crippen molar-refractivity contribution >= 4 is 10.9 Å². The molecule has 0 aliphatic heterocycles. The lowest BCUT2D eigenvalue weighted by molar-refractivity contribution is 0.387. The normalized spacial score (nSPS) is 18.6. The van der Waals surface area contributed by atoms with Crippen molar-refractivity contribution in [2.45, 2.75) is 37.6 Å². The highest BCUT2D eigenvalue weighted by molar-refractivity contribution is 5.83. The lowest BCUT2D eigenvalue weighted by Crippen LogP contribution is -2.40. The molecule has 4 aromatic rings. The molecule has 0 saturated heterocycles. The van der Waals surface area contributed by atoms with Crippen LogP contribution in [0.3, 0.4) is 0 Å². The maximum Gasteiger partial charge on any atom is 0.0456 e. The molecular formula is C27H28N2. The molecule has 5 rings (SSSR count). The molecule has 0 spiro atoms. The van der Waals surface area contributed by atoms with Crippen molar-refractivity contribution in [1.29, 1.82) is 0 Å². The molecule has 1 aromatic heterocycles. The van der Waals surface area contributed by atoms with E-state index in [-0.39, 0.29) is 0 Å². The van der Waals surface area contributed by atoms with Crippen LogP contribution in [-0.4, -0.2) is 17.6 Å². The van der Waals surface area contributed by atoms with Crippen LogP contribution in [0.5, 0.6) is 0 Å². The van der Waals surface area contributed by atoms with Crippen LogP contribution in [0.1, 0.15) is 34.6 Å². The summed E-state index contributed by atoms with van der Waals surface area (Å²) in [6.45, 7) is 1.01. The Hall–Kier alpha value is -2.84. The molecule has 2 heteroatoms. The van der Waals surface area contributed by atoms with Crippen LogP contribution in [0.2, 0.25) is 0 Å². The van der Waals surface area contributed by atoms with Crippen LogP contribution in [0.15, 0.2) is 85.1 Å². The number of para-hydroxylation sites is 1. The van der Waals surface area contributed by atoms with Crippen molar-refractivity contribution in [1.82, 2.24) is 10.3 Å². The van der Waals surface area contributed by atoms with Gasteiger partial charge in [0.2, 0.25) is 0 Å². The largest absolute Gasteiger partial charge is 0.361 e. The van der Waals surface area contributed by atoms with E-state index >= 15 is 0 Å². The molecule has 3 aromatic carbocycles. The van der Waals surface area contributed by atoms with Crippen molar-refractivity contribution in [3.63, 3.8) is 0 Å². The van der Waals surface area contributed by atoms with Crippen molar-refractivity contribution in [2.24, 2.45) is 0 Å². The van der Waals surface area contributed by atoms with Gasteiger partial charge in [-0.2, -0.15) is 0 Å². The number of aromatic amines is 1. The van der Waals surface area contributed by atoms with Crippen LogP contribution >= 0.6 is 0 Å². The maximum atomic E-state index is 3.92. The first kappa shape index (κ1) is 18.2. The van der Waals surface area contributed by atoms with E-state index in [1.54, 1.807) is 0 Å². The van der Waals surface area contributed by atoms with E-state index in [1.165, 1.54) is 46.0 Å². The summed E-state index contributed by atoms with van der Waals surface area (Å²) in [5, 5.41) is 5.27. The minimum atomic E-state index is 0.523. The zero-order valence-electron chi connectivity index (χ0n) is 16.8. The molecule has 2 N–H and O–H groups in total. The summed E-state index contributed by atoms with van der Waals surface area (Å²) in [7, 11) is 0. The number of nitrogens with one attached hydrogen (secondary N) is 2. The molecule has 0 bridgehead atoms. The van der Waals surface area contributed by atoms with E-state index in [9.17, 15) is 0 Å². The molecule has 29 heavy (non-hydrogen) atoms. The predicted octanol–water partition coefficient (Wildman–Crippen LogP) is 5.64. The number of fused-ring (bicyclic) bond motifs is 2. The first-order valence-electron chi connectivity index (χ1n) is 10.8. The summed E-state index contributed by atoms with van der Waals surface area (Å²) in [4.78, 5) is 3.40. The summed E-state index contributed by atoms with van der Waals surface area (Å²) in [6, 6.07) is 29.1. The van der Waals surface area contributed by atoms with Crippen molar-refractivity contribution in [3.8, 4) is 0 Å². The number of H-pyrrole nitrogens is 1. The van der Waals surface area contributed by atoms with Gasteiger partial charge in [0.05, 0.1) is 0 Å². The molecule has 2 atom stereocenters. The average Bonchev–Trinajstić information content (AvgIpc) is 3.19. The quantitative estimate of drug-likeness (QED) is 0.445. The van der Waals surface area contributed by atoms with Gasteiger partial charge in [0.15, 0.2) is 0 Å². The monoisotopic (exact) mass is 380 g/mol. The van der Waals surface area contributed by atoms with Gasteiger partial charge in [-0.1, -0.05) is 72.8 Å². The van der Waals surface area contributed by atoms with E-state index in [1.807, 2.05) is 0 Å². The Morgan fingerprint density at radius 2 is 1.66 bits per heavy atom. The molecule has 1 heterocycles. The SMILES string of the molecule is c1ccc(CC2c3ccccc3CCC2NCCc2c[nH]c3ccccc23)cc1. The van der Waals surface area contributed by atoms with Gasteiger partial charge in [-0.25, -0.2) is 0 Å². The topological polar surface area (TPSA) is 27.8 Å². The fourth-order valence-electron chi connectivity index (χ4n) is 4.95. The van der Waals surface area contributed by atoms with Crippen molar-refractivity contribution in [2.75, 3.05) is 6.54 Å². The first-order chi connectivity index (χ1) is 14.4. The molecule has 1 aliphatic rings. The standard InChI is InChI=1S/C27H28N2/c1-2-8-20(9-3-1)18-25-23-11-5-4-10-21(23)14-15-27(25)28-17-16-22-19-29-26-13-7-6-12-24(22)26/h1-13,19,25,27-29H,14-18H2. The number of aryl methyl sites for hydroxylation is 1. The predicted molar refractivity (Wildman–Crippen MR) is 121 cm³/mol. The highest BCUT2D eigenvalue weighted by atomic mass is 14.9. The van der Waals surface area contributed by atoms with Gasteiger partial charge in [-0.05, 0) is 60.5 Å². The Balaban J connectivity index is 1.32. The zero-order chi connectivity index (χ0) is 19.5. The Morgan fingerprint density at radius 3 is 2.59 bits per heavy atom. The first-order valence-corrected chi connectivity index (χ1v) is 10.8. The van der Waals surface area contributed by atoms with Crippen LogP contribution in [0, 0.1) is 0 Å². The minimum Gasteiger partial charge on any atom is -0.361 e. The second kappa shape index (κ2) is 8.26. The maximum absolute atomic E-state index is 3.92. The number of hydrogen-bond acceptors (Lipinski definition) is 1. The average molecular weight is 381 g/mol. The molecule has 0 amide bonds. The third-order valence-electron chi connectivity index (χ3n) is 6.44. The fourth-order valence-corrected chi connectivity index (χ4v) is 4.95. The van der Waals surface area contributed by atoms with Gasteiger partial charge in [0, 0.05) is 29.1 Å². The Morgan fingerprint density at radius 1 is 0.862 bits per heavy atom. The van der Waals surface area contributed by atoms with Gasteiger partial charge in [-0.3, -0.25) is 0 Å². The summed E-state index contributed by atoms with van der Waals surface area (Å²) in [5.74, 6) is 0.533. The lowest BCUT2D eigenvalue weighted by Gasteiger charge is -2.35. The van der Waals surface area contributed by atoms with Crippen LogP contribution in [0.4, 0.5) is 0 Å². The third-order valence-corrected chi connectivity index (χ3v) is 6.44. The third kappa shape index (κ3) is 3.86. The molecule has 1 aliphatic carbocycles. The number of benzene rings is 3. The van der Waals surface area contributed by atoms with E-state index in [0.717, 1.165) is 19.4 Å². The van der Waals surface area contributed by atoms with E-state index in [4.69, 9.17) is 0 Å². The van der Waals surface area contributed by atoms with Crippen LogP contribution in [-0.2, 0) is 19.3 Å². The Kier molecular flexibility index (Phi) is 5.19. The van der Waals surface area contributed by atoms with Crippen molar-refractivity contribution in [3.05, 3.63) is 107 Å². The summed E-state index contributed by atoms with van der Waals surface area (Å²) >= 11 is 0. The molecule has 0 fully saturated rings. The van der Waals surface area contributed by atoms with Gasteiger partial charge >= 0.3 is 0 Å². The minimum absolute atomic E-state index is 0.523.